The van der Waals surface area contributed by atoms with Crippen LogP contribution in [0.3, 0.4) is 0 Å². The van der Waals surface area contributed by atoms with E-state index >= 15 is 0 Å². The zero-order chi connectivity index (χ0) is 24.7. The molecule has 2 aliphatic heterocycles. The summed E-state index contributed by atoms with van der Waals surface area (Å²) >= 11 is 8.22. The third-order valence-corrected chi connectivity index (χ3v) is 8.80. The minimum atomic E-state index is -0.841. The van der Waals surface area contributed by atoms with Crippen molar-refractivity contribution in [1.82, 2.24) is 5.32 Å². The number of nitrogens with one attached hydrogen (secondary N) is 1. The number of hydrogen-bond acceptors (Lipinski definition) is 8. The molecule has 33 heavy (non-hydrogen) atoms. The van der Waals surface area contributed by atoms with E-state index in [0.717, 1.165) is 51.5 Å². The van der Waals surface area contributed by atoms with Crippen LogP contribution in [-0.4, -0.2) is 49.1 Å². The van der Waals surface area contributed by atoms with Gasteiger partial charge in [-0.1, -0.05) is 35.7 Å². The number of anilines is 1. The van der Waals surface area contributed by atoms with Crippen molar-refractivity contribution >= 4 is 69.8 Å². The van der Waals surface area contributed by atoms with Crippen LogP contribution in [0.4, 0.5) is 10.5 Å². The van der Waals surface area contributed by atoms with E-state index in [1.54, 1.807) is 4.90 Å². The molecule has 2 aliphatic rings. The fourth-order valence-corrected chi connectivity index (χ4v) is 6.70. The number of nitrogens with zero attached hydrogens (tertiary/aromatic N) is 1. The summed E-state index contributed by atoms with van der Waals surface area (Å²) in [6.07, 6.45) is 0. The molecule has 10 heteroatoms. The van der Waals surface area contributed by atoms with Gasteiger partial charge in [0.25, 0.3) is 0 Å². The fraction of sp³-hybridized carbons (Fsp3) is 0.391. The SMILES string of the molecule is CCNC(=O)N1c2cc(C)c(C)cc2C(=C2SC(C(=O)OC)=C(C(=O)OC)S2)C(=S)C1(C)C. The van der Waals surface area contributed by atoms with Gasteiger partial charge in [0.05, 0.1) is 34.5 Å². The third kappa shape index (κ3) is 4.31. The van der Waals surface area contributed by atoms with E-state index in [-0.39, 0.29) is 15.8 Å². The lowest BCUT2D eigenvalue weighted by Gasteiger charge is -2.45. The summed E-state index contributed by atoms with van der Waals surface area (Å²) in [6.45, 7) is 10.1. The van der Waals surface area contributed by atoms with Crippen LogP contribution in [0.15, 0.2) is 26.2 Å². The van der Waals surface area contributed by atoms with Gasteiger partial charge in [0.2, 0.25) is 0 Å². The smallest absolute Gasteiger partial charge is 0.346 e. The number of urea groups is 1. The van der Waals surface area contributed by atoms with Crippen LogP contribution in [0.5, 0.6) is 0 Å². The molecular weight excluding hydrogens is 480 g/mol. The lowest BCUT2D eigenvalue weighted by atomic mass is 9.82. The first-order valence-corrected chi connectivity index (χ1v) is 12.3. The summed E-state index contributed by atoms with van der Waals surface area (Å²) < 4.78 is 10.4. The molecular formula is C23H26N2O5S3. The van der Waals surface area contributed by atoms with Crippen LogP contribution in [0.2, 0.25) is 0 Å². The van der Waals surface area contributed by atoms with Crippen molar-refractivity contribution in [3.8, 4) is 0 Å². The van der Waals surface area contributed by atoms with Gasteiger partial charge in [-0.3, -0.25) is 4.90 Å². The molecule has 0 atom stereocenters. The van der Waals surface area contributed by atoms with Gasteiger partial charge < -0.3 is 14.8 Å². The highest BCUT2D eigenvalue weighted by Crippen LogP contribution is 2.56. The Kier molecular flexibility index (Phi) is 7.30. The van der Waals surface area contributed by atoms with Crippen LogP contribution in [0, 0.1) is 13.8 Å². The molecule has 0 fully saturated rings. The molecule has 2 heterocycles. The fourth-order valence-electron chi connectivity index (χ4n) is 3.67. The van der Waals surface area contributed by atoms with Crippen LogP contribution in [0.1, 0.15) is 37.5 Å². The van der Waals surface area contributed by atoms with Gasteiger partial charge in [0.1, 0.15) is 9.81 Å². The van der Waals surface area contributed by atoms with Crippen LogP contribution in [0.25, 0.3) is 5.57 Å². The molecule has 1 N–H and O–H groups in total. The van der Waals surface area contributed by atoms with E-state index < -0.39 is 17.5 Å². The maximum absolute atomic E-state index is 13.1. The highest BCUT2D eigenvalue weighted by molar-refractivity contribution is 8.29. The van der Waals surface area contributed by atoms with E-state index in [2.05, 4.69) is 5.32 Å². The molecule has 176 valence electrons. The van der Waals surface area contributed by atoms with Crippen molar-refractivity contribution in [2.75, 3.05) is 25.7 Å². The van der Waals surface area contributed by atoms with Gasteiger partial charge in [-0.15, -0.1) is 0 Å². The minimum absolute atomic E-state index is 0.161. The summed E-state index contributed by atoms with van der Waals surface area (Å²) in [5.74, 6) is -1.23. The first kappa shape index (κ1) is 25.3. The summed E-state index contributed by atoms with van der Waals surface area (Å²) in [7, 11) is 2.53. The van der Waals surface area contributed by atoms with E-state index in [4.69, 9.17) is 21.7 Å². The monoisotopic (exact) mass is 506 g/mol. The van der Waals surface area contributed by atoms with Crippen molar-refractivity contribution in [1.29, 1.82) is 0 Å². The summed E-state index contributed by atoms with van der Waals surface area (Å²) in [6, 6.07) is 3.73. The largest absolute Gasteiger partial charge is 0.465 e. The Morgan fingerprint density at radius 1 is 1.03 bits per heavy atom. The van der Waals surface area contributed by atoms with Gasteiger partial charge in [0.15, 0.2) is 0 Å². The van der Waals surface area contributed by atoms with Crippen molar-refractivity contribution < 1.29 is 23.9 Å². The van der Waals surface area contributed by atoms with Gasteiger partial charge in [-0.25, -0.2) is 14.4 Å². The quantitative estimate of drug-likeness (QED) is 0.359. The molecule has 0 radical (unpaired) electrons. The lowest BCUT2D eigenvalue weighted by molar-refractivity contribution is -0.138. The normalized spacial score (nSPS) is 17.2. The molecule has 0 aliphatic carbocycles. The second kappa shape index (κ2) is 9.52. The highest BCUT2D eigenvalue weighted by atomic mass is 32.2. The molecule has 2 amide bonds. The second-order valence-corrected chi connectivity index (χ2v) is 10.7. The van der Waals surface area contributed by atoms with Crippen molar-refractivity contribution in [3.05, 3.63) is 42.9 Å². The molecule has 3 rings (SSSR count). The molecule has 0 saturated carbocycles. The summed E-state index contributed by atoms with van der Waals surface area (Å²) in [4.78, 5) is 40.5. The zero-order valence-electron chi connectivity index (χ0n) is 19.6. The predicted molar refractivity (Wildman–Crippen MR) is 137 cm³/mol. The van der Waals surface area contributed by atoms with Crippen molar-refractivity contribution in [3.63, 3.8) is 0 Å². The molecule has 0 bridgehead atoms. The first-order chi connectivity index (χ1) is 15.5. The number of fused-ring (bicyclic) bond motifs is 1. The van der Waals surface area contributed by atoms with E-state index in [0.29, 0.717) is 15.6 Å². The number of amides is 2. The Labute approximate surface area is 207 Å². The molecule has 7 nitrogen and oxygen atoms in total. The van der Waals surface area contributed by atoms with Gasteiger partial charge in [0, 0.05) is 17.7 Å². The Bertz CT molecular complexity index is 1110. The number of esters is 2. The van der Waals surface area contributed by atoms with Gasteiger partial charge in [-0.05, 0) is 57.9 Å². The van der Waals surface area contributed by atoms with E-state index in [9.17, 15) is 14.4 Å². The molecule has 0 aromatic heterocycles. The number of benzene rings is 1. The van der Waals surface area contributed by atoms with Crippen LogP contribution in [-0.2, 0) is 19.1 Å². The number of carbonyl (C=O) groups is 3. The second-order valence-electron chi connectivity index (χ2n) is 8.02. The maximum atomic E-state index is 13.1. The molecule has 0 unspecified atom stereocenters. The number of thiocarbonyl (C=S) groups is 1. The zero-order valence-corrected chi connectivity index (χ0v) is 22.0. The first-order valence-electron chi connectivity index (χ1n) is 10.2. The number of thioether (sulfide) groups is 2. The Balaban J connectivity index is 2.28. The topological polar surface area (TPSA) is 84.9 Å². The Morgan fingerprint density at radius 2 is 1.55 bits per heavy atom. The maximum Gasteiger partial charge on any atom is 0.346 e. The number of carbonyl (C=O) groups excluding carboxylic acids is 3. The Morgan fingerprint density at radius 3 is 2.03 bits per heavy atom. The van der Waals surface area contributed by atoms with E-state index in [1.807, 2.05) is 46.8 Å². The van der Waals surface area contributed by atoms with Crippen molar-refractivity contribution in [2.24, 2.45) is 0 Å². The molecule has 0 saturated heterocycles. The average molecular weight is 507 g/mol. The molecule has 1 aromatic carbocycles. The van der Waals surface area contributed by atoms with Gasteiger partial charge in [-0.2, -0.15) is 0 Å². The Hall–Kier alpha value is -2.30. The number of methoxy groups -OCH3 is 2. The number of aryl methyl sites for hydroxylation is 2. The molecule has 0 spiro atoms. The number of ether oxygens (including phenoxy) is 2. The minimum Gasteiger partial charge on any atom is -0.465 e. The van der Waals surface area contributed by atoms with Crippen molar-refractivity contribution in [2.45, 2.75) is 40.2 Å². The summed E-state index contributed by atoms with van der Waals surface area (Å²) in [5.41, 5.74) is 3.45. The standard InChI is InChI=1S/C23H26N2O5S3/c1-8-24-22(28)25-14-10-12(3)11(2)9-13(14)15(18(31)23(25,4)5)21-32-16(19(26)29-6)17(33-21)20(27)30-7/h9-10H,8H2,1-7H3,(H,24,28). The van der Waals surface area contributed by atoms with Crippen LogP contribution >= 0.6 is 35.7 Å². The molecule has 1 aromatic rings. The number of hydrogen-bond donors (Lipinski definition) is 1. The highest BCUT2D eigenvalue weighted by Gasteiger charge is 2.46. The third-order valence-electron chi connectivity index (χ3n) is 5.54. The average Bonchev–Trinajstić information content (AvgIpc) is 3.20. The summed E-state index contributed by atoms with van der Waals surface area (Å²) in [5, 5.41) is 2.88. The van der Waals surface area contributed by atoms with Crippen LogP contribution < -0.4 is 10.2 Å². The van der Waals surface area contributed by atoms with E-state index in [1.165, 1.54) is 14.2 Å². The number of rotatable bonds is 3. The van der Waals surface area contributed by atoms with Gasteiger partial charge >= 0.3 is 18.0 Å². The lowest BCUT2D eigenvalue weighted by Crippen LogP contribution is -2.58. The predicted octanol–water partition coefficient (Wildman–Crippen LogP) is 4.71.